The van der Waals surface area contributed by atoms with Crippen molar-refractivity contribution in [3.63, 3.8) is 0 Å². The molecule has 3 rings (SSSR count). The number of nitrogens with zero attached hydrogens (tertiary/aromatic N) is 4. The number of aromatic nitrogens is 4. The molecular weight excluding hydrogens is 388 g/mol. The quantitative estimate of drug-likeness (QED) is 0.558. The van der Waals surface area contributed by atoms with E-state index in [1.54, 1.807) is 35.9 Å². The second-order valence-electron chi connectivity index (χ2n) is 6.94. The molecule has 2 aromatic heterocycles. The number of rotatable bonds is 7. The van der Waals surface area contributed by atoms with Gasteiger partial charge in [0.15, 0.2) is 11.2 Å². The summed E-state index contributed by atoms with van der Waals surface area (Å²) in [7, 11) is 4.48. The van der Waals surface area contributed by atoms with Crippen LogP contribution in [0.3, 0.4) is 0 Å². The molecule has 3 aromatic rings. The molecule has 0 bridgehead atoms. The van der Waals surface area contributed by atoms with Gasteiger partial charge in [-0.15, -0.1) is 0 Å². The second kappa shape index (κ2) is 8.76. The third kappa shape index (κ3) is 4.02. The van der Waals surface area contributed by atoms with Crippen molar-refractivity contribution in [2.75, 3.05) is 7.05 Å². The fourth-order valence-corrected chi connectivity index (χ4v) is 3.30. The molecule has 10 nitrogen and oxygen atoms in total. The summed E-state index contributed by atoms with van der Waals surface area (Å²) in [6.45, 7) is 0.368. The number of amides is 2. The Morgan fingerprint density at radius 2 is 1.80 bits per heavy atom. The zero-order valence-corrected chi connectivity index (χ0v) is 17.1. The van der Waals surface area contributed by atoms with Crippen molar-refractivity contribution < 1.29 is 9.59 Å². The van der Waals surface area contributed by atoms with Crippen LogP contribution in [0.15, 0.2) is 46.2 Å². The molecule has 0 spiro atoms. The van der Waals surface area contributed by atoms with Crippen molar-refractivity contribution in [3.05, 3.63) is 63.1 Å². The number of aryl methyl sites for hydroxylation is 2. The lowest BCUT2D eigenvalue weighted by Crippen LogP contribution is -2.39. The van der Waals surface area contributed by atoms with Crippen molar-refractivity contribution >= 4 is 23.0 Å². The topological polar surface area (TPSA) is 120 Å². The van der Waals surface area contributed by atoms with Crippen LogP contribution < -0.4 is 21.9 Å². The van der Waals surface area contributed by atoms with Crippen LogP contribution in [-0.2, 0) is 30.2 Å². The van der Waals surface area contributed by atoms with Crippen LogP contribution in [0.25, 0.3) is 11.2 Å². The van der Waals surface area contributed by atoms with Crippen molar-refractivity contribution in [1.29, 1.82) is 0 Å². The van der Waals surface area contributed by atoms with E-state index >= 15 is 0 Å². The first-order valence-electron chi connectivity index (χ1n) is 9.52. The first kappa shape index (κ1) is 21.0. The highest BCUT2D eigenvalue weighted by atomic mass is 16.2. The fourth-order valence-electron chi connectivity index (χ4n) is 3.30. The Kier molecular flexibility index (Phi) is 6.14. The van der Waals surface area contributed by atoms with E-state index in [4.69, 9.17) is 0 Å². The zero-order chi connectivity index (χ0) is 21.8. The Labute approximate surface area is 172 Å². The van der Waals surface area contributed by atoms with Crippen LogP contribution >= 0.6 is 0 Å². The summed E-state index contributed by atoms with van der Waals surface area (Å²) in [6, 6.07) is 8.21. The van der Waals surface area contributed by atoms with Crippen LogP contribution in [-0.4, -0.2) is 37.5 Å². The average Bonchev–Trinajstić information content (AvgIpc) is 3.18. The van der Waals surface area contributed by atoms with Crippen LogP contribution in [0, 0.1) is 0 Å². The molecule has 0 radical (unpaired) electrons. The molecule has 158 valence electrons. The number of likely N-dealkylation sites (N-methyl/N-ethyl adjacent to an activating group) is 1. The highest BCUT2D eigenvalue weighted by Crippen LogP contribution is 2.13. The highest BCUT2D eigenvalue weighted by molar-refractivity contribution is 5.88. The van der Waals surface area contributed by atoms with Crippen LogP contribution in [0.4, 0.5) is 0 Å². The molecule has 1 unspecified atom stereocenters. The number of fused-ring (bicyclic) bond motifs is 1. The van der Waals surface area contributed by atoms with Gasteiger partial charge < -0.3 is 15.2 Å². The van der Waals surface area contributed by atoms with Crippen molar-refractivity contribution in [2.45, 2.75) is 25.4 Å². The number of hydrogen-bond donors (Lipinski definition) is 2. The van der Waals surface area contributed by atoms with Gasteiger partial charge in [0.1, 0.15) is 6.04 Å². The van der Waals surface area contributed by atoms with E-state index in [1.165, 1.54) is 25.0 Å². The molecule has 1 aromatic carbocycles. The van der Waals surface area contributed by atoms with Gasteiger partial charge in [0.05, 0.1) is 6.33 Å². The maximum Gasteiger partial charge on any atom is 0.332 e. The van der Waals surface area contributed by atoms with Gasteiger partial charge in [0, 0.05) is 34.1 Å². The van der Waals surface area contributed by atoms with Gasteiger partial charge in [-0.25, -0.2) is 9.78 Å². The summed E-state index contributed by atoms with van der Waals surface area (Å²) in [5.74, 6) is -0.586. The lowest BCUT2D eigenvalue weighted by atomic mass is 10.1. The summed E-state index contributed by atoms with van der Waals surface area (Å²) in [6.07, 6.45) is 2.07. The molecule has 2 heterocycles. The summed E-state index contributed by atoms with van der Waals surface area (Å²) in [4.78, 5) is 53.2. The molecule has 0 aliphatic carbocycles. The number of carbonyl (C=O) groups is 2. The van der Waals surface area contributed by atoms with Crippen molar-refractivity contribution in [1.82, 2.24) is 29.3 Å². The molecule has 0 fully saturated rings. The van der Waals surface area contributed by atoms with Crippen LogP contribution in [0.1, 0.15) is 24.4 Å². The second-order valence-corrected chi connectivity index (χ2v) is 6.94. The molecule has 2 N–H and O–H groups in total. The van der Waals surface area contributed by atoms with E-state index < -0.39 is 17.3 Å². The number of nitrogens with one attached hydrogen (secondary N) is 2. The standard InChI is InChI=1S/C20H24N6O4/c1-21-18(28)15(13-8-5-4-6-9-13)23-14(27)10-7-11-26-12-22-17-16(26)19(29)25(3)20(30)24(17)2/h4-6,8-9,12,15H,7,10-11H2,1-3H3,(H,21,28)(H,23,27). The average molecular weight is 412 g/mol. The first-order chi connectivity index (χ1) is 14.3. The number of carbonyl (C=O) groups excluding carboxylic acids is 2. The fraction of sp³-hybridized carbons (Fsp3) is 0.350. The van der Waals surface area contributed by atoms with Gasteiger partial charge in [0.25, 0.3) is 5.56 Å². The third-order valence-electron chi connectivity index (χ3n) is 4.97. The number of benzene rings is 1. The SMILES string of the molecule is CNC(=O)C(NC(=O)CCCn1cnc2c1c(=O)n(C)c(=O)n2C)c1ccccc1. The predicted octanol–water partition coefficient (Wildman–Crippen LogP) is -0.183. The Morgan fingerprint density at radius 1 is 1.10 bits per heavy atom. The molecule has 1 atom stereocenters. The maximum absolute atomic E-state index is 12.5. The van der Waals surface area contributed by atoms with Crippen LogP contribution in [0.5, 0.6) is 0 Å². The molecule has 2 amide bonds. The summed E-state index contributed by atoms with van der Waals surface area (Å²) < 4.78 is 3.98. The zero-order valence-electron chi connectivity index (χ0n) is 17.1. The summed E-state index contributed by atoms with van der Waals surface area (Å²) >= 11 is 0. The van der Waals surface area contributed by atoms with Gasteiger partial charge in [-0.1, -0.05) is 30.3 Å². The maximum atomic E-state index is 12.5. The Hall–Kier alpha value is -3.69. The predicted molar refractivity (Wildman–Crippen MR) is 111 cm³/mol. The monoisotopic (exact) mass is 412 g/mol. The van der Waals surface area contributed by atoms with Crippen molar-refractivity contribution in [3.8, 4) is 0 Å². The minimum atomic E-state index is -0.778. The van der Waals surface area contributed by atoms with E-state index in [2.05, 4.69) is 15.6 Å². The smallest absolute Gasteiger partial charge is 0.332 e. The lowest BCUT2D eigenvalue weighted by molar-refractivity contribution is -0.129. The number of hydrogen-bond acceptors (Lipinski definition) is 5. The molecule has 10 heteroatoms. The minimum absolute atomic E-state index is 0.159. The lowest BCUT2D eigenvalue weighted by Gasteiger charge is -2.17. The minimum Gasteiger partial charge on any atom is -0.357 e. The molecular formula is C20H24N6O4. The van der Waals surface area contributed by atoms with E-state index in [1.807, 2.05) is 6.07 Å². The summed E-state index contributed by atoms with van der Waals surface area (Å²) in [5.41, 5.74) is 0.427. The molecule has 0 aliphatic heterocycles. The third-order valence-corrected chi connectivity index (χ3v) is 4.97. The number of imidazole rings is 1. The van der Waals surface area contributed by atoms with E-state index in [0.29, 0.717) is 29.7 Å². The van der Waals surface area contributed by atoms with Gasteiger partial charge in [-0.05, 0) is 12.0 Å². The van der Waals surface area contributed by atoms with Gasteiger partial charge in [-0.3, -0.25) is 23.5 Å². The Balaban J connectivity index is 1.69. The molecule has 0 saturated heterocycles. The Morgan fingerprint density at radius 3 is 2.47 bits per heavy atom. The van der Waals surface area contributed by atoms with Gasteiger partial charge in [-0.2, -0.15) is 0 Å². The van der Waals surface area contributed by atoms with Crippen LogP contribution in [0.2, 0.25) is 0 Å². The Bertz CT molecular complexity index is 1190. The van der Waals surface area contributed by atoms with E-state index in [9.17, 15) is 19.2 Å². The first-order valence-corrected chi connectivity index (χ1v) is 9.52. The van der Waals surface area contributed by atoms with Crippen molar-refractivity contribution in [2.24, 2.45) is 14.1 Å². The van der Waals surface area contributed by atoms with E-state index in [0.717, 1.165) is 4.57 Å². The highest BCUT2D eigenvalue weighted by Gasteiger charge is 2.21. The van der Waals surface area contributed by atoms with Gasteiger partial charge >= 0.3 is 5.69 Å². The van der Waals surface area contributed by atoms with Gasteiger partial charge in [0.2, 0.25) is 11.8 Å². The molecule has 30 heavy (non-hydrogen) atoms. The summed E-state index contributed by atoms with van der Waals surface area (Å²) in [5, 5.41) is 5.31. The van der Waals surface area contributed by atoms with E-state index in [-0.39, 0.29) is 18.2 Å². The normalized spacial score (nSPS) is 12.0. The molecule has 0 saturated carbocycles. The largest absolute Gasteiger partial charge is 0.357 e. The molecule has 0 aliphatic rings.